The Bertz CT molecular complexity index is 625. The monoisotopic (exact) mass is 299 g/mol. The Labute approximate surface area is 130 Å². The average Bonchev–Trinajstić information content (AvgIpc) is 2.54. The summed E-state index contributed by atoms with van der Waals surface area (Å²) in [5.74, 6) is 0.532. The second kappa shape index (κ2) is 7.40. The first-order valence-electron chi connectivity index (χ1n) is 7.20. The highest BCUT2D eigenvalue weighted by Gasteiger charge is 2.04. The van der Waals surface area contributed by atoms with Gasteiger partial charge in [0.05, 0.1) is 12.2 Å². The third kappa shape index (κ3) is 4.44. The van der Waals surface area contributed by atoms with Crippen molar-refractivity contribution in [2.45, 2.75) is 19.9 Å². The summed E-state index contributed by atoms with van der Waals surface area (Å²) in [4.78, 5) is 22.3. The molecule has 2 amide bonds. The molecule has 6 nitrogen and oxygen atoms in total. The van der Waals surface area contributed by atoms with Crippen LogP contribution in [-0.2, 0) is 13.0 Å². The highest BCUT2D eigenvalue weighted by Crippen LogP contribution is 2.11. The van der Waals surface area contributed by atoms with Crippen LogP contribution < -0.4 is 15.5 Å². The zero-order valence-corrected chi connectivity index (χ0v) is 13.1. The van der Waals surface area contributed by atoms with Crippen LogP contribution in [0.4, 0.5) is 16.3 Å². The van der Waals surface area contributed by atoms with Gasteiger partial charge in [-0.05, 0) is 30.2 Å². The van der Waals surface area contributed by atoms with E-state index in [0.717, 1.165) is 23.4 Å². The molecule has 0 unspecified atom stereocenters. The molecule has 0 bridgehead atoms. The summed E-state index contributed by atoms with van der Waals surface area (Å²) in [5.41, 5.74) is 2.98. The summed E-state index contributed by atoms with van der Waals surface area (Å²) in [6, 6.07) is 7.31. The quantitative estimate of drug-likeness (QED) is 0.889. The number of pyridine rings is 2. The zero-order valence-electron chi connectivity index (χ0n) is 13.1. The molecular formula is C16H21N5O. The van der Waals surface area contributed by atoms with Gasteiger partial charge in [-0.1, -0.05) is 13.0 Å². The Hall–Kier alpha value is -2.63. The van der Waals surface area contributed by atoms with E-state index in [0.29, 0.717) is 12.4 Å². The van der Waals surface area contributed by atoms with Crippen LogP contribution in [0.1, 0.15) is 18.2 Å². The third-order valence-electron chi connectivity index (χ3n) is 3.22. The molecule has 2 aromatic rings. The molecule has 0 saturated heterocycles. The maximum Gasteiger partial charge on any atom is 0.320 e. The molecule has 2 rings (SSSR count). The molecular weight excluding hydrogens is 278 g/mol. The number of hydrogen-bond acceptors (Lipinski definition) is 4. The van der Waals surface area contributed by atoms with Crippen LogP contribution in [0, 0.1) is 0 Å². The number of urea groups is 1. The molecule has 22 heavy (non-hydrogen) atoms. The van der Waals surface area contributed by atoms with E-state index < -0.39 is 0 Å². The number of aryl methyl sites for hydroxylation is 1. The summed E-state index contributed by atoms with van der Waals surface area (Å²) < 4.78 is 0. The Balaban J connectivity index is 1.88. The van der Waals surface area contributed by atoms with Crippen molar-refractivity contribution in [2.75, 3.05) is 24.3 Å². The van der Waals surface area contributed by atoms with E-state index in [1.54, 1.807) is 18.5 Å². The lowest BCUT2D eigenvalue weighted by atomic mass is 10.2. The second-order valence-corrected chi connectivity index (χ2v) is 5.11. The van der Waals surface area contributed by atoms with E-state index in [4.69, 9.17) is 0 Å². The van der Waals surface area contributed by atoms with Gasteiger partial charge in [0.1, 0.15) is 5.82 Å². The first kappa shape index (κ1) is 15.8. The number of amides is 2. The number of rotatable bonds is 5. The third-order valence-corrected chi connectivity index (χ3v) is 3.22. The SMILES string of the molecule is CCc1ccc(NC(=O)NCc2cc(N(C)C)ccn2)nc1. The highest BCUT2D eigenvalue weighted by atomic mass is 16.2. The number of hydrogen-bond donors (Lipinski definition) is 2. The summed E-state index contributed by atoms with van der Waals surface area (Å²) in [7, 11) is 3.93. The van der Waals surface area contributed by atoms with Crippen molar-refractivity contribution in [3.8, 4) is 0 Å². The number of nitrogens with one attached hydrogen (secondary N) is 2. The maximum absolute atomic E-state index is 11.9. The Morgan fingerprint density at radius 1 is 1.23 bits per heavy atom. The van der Waals surface area contributed by atoms with Gasteiger partial charge in [0.25, 0.3) is 0 Å². The predicted octanol–water partition coefficient (Wildman–Crippen LogP) is 2.43. The van der Waals surface area contributed by atoms with Gasteiger partial charge in [0.2, 0.25) is 0 Å². The van der Waals surface area contributed by atoms with Crippen molar-refractivity contribution < 1.29 is 4.79 Å². The van der Waals surface area contributed by atoms with Gasteiger partial charge in [-0.15, -0.1) is 0 Å². The molecule has 2 aromatic heterocycles. The maximum atomic E-state index is 11.9. The van der Waals surface area contributed by atoms with E-state index in [9.17, 15) is 4.79 Å². The van der Waals surface area contributed by atoms with Crippen molar-refractivity contribution in [1.82, 2.24) is 15.3 Å². The van der Waals surface area contributed by atoms with Gasteiger partial charge in [-0.3, -0.25) is 10.3 Å². The first-order chi connectivity index (χ1) is 10.6. The van der Waals surface area contributed by atoms with Crippen LogP contribution in [0.5, 0.6) is 0 Å². The fraction of sp³-hybridized carbons (Fsp3) is 0.312. The van der Waals surface area contributed by atoms with Crippen molar-refractivity contribution in [2.24, 2.45) is 0 Å². The fourth-order valence-corrected chi connectivity index (χ4v) is 1.88. The lowest BCUT2D eigenvalue weighted by Crippen LogP contribution is -2.29. The smallest absolute Gasteiger partial charge is 0.320 e. The van der Waals surface area contributed by atoms with Crippen LogP contribution in [0.2, 0.25) is 0 Å². The van der Waals surface area contributed by atoms with Gasteiger partial charge >= 0.3 is 6.03 Å². The largest absolute Gasteiger partial charge is 0.378 e. The van der Waals surface area contributed by atoms with Crippen molar-refractivity contribution in [1.29, 1.82) is 0 Å². The standard InChI is InChI=1S/C16H21N5O/c1-4-12-5-6-15(18-10-12)20-16(22)19-11-13-9-14(21(2)3)7-8-17-13/h5-10H,4,11H2,1-3H3,(H2,18,19,20,22). The Morgan fingerprint density at radius 3 is 2.68 bits per heavy atom. The van der Waals surface area contributed by atoms with Crippen molar-refractivity contribution in [3.63, 3.8) is 0 Å². The molecule has 0 aliphatic heterocycles. The number of carbonyl (C=O) groups is 1. The van der Waals surface area contributed by atoms with Crippen LogP contribution >= 0.6 is 0 Å². The Morgan fingerprint density at radius 2 is 2.05 bits per heavy atom. The van der Waals surface area contributed by atoms with E-state index in [1.165, 1.54) is 0 Å². The molecule has 2 heterocycles. The molecule has 2 N–H and O–H groups in total. The summed E-state index contributed by atoms with van der Waals surface area (Å²) >= 11 is 0. The molecule has 0 radical (unpaired) electrons. The van der Waals surface area contributed by atoms with E-state index in [1.807, 2.05) is 37.2 Å². The first-order valence-corrected chi connectivity index (χ1v) is 7.20. The second-order valence-electron chi connectivity index (χ2n) is 5.11. The minimum Gasteiger partial charge on any atom is -0.378 e. The van der Waals surface area contributed by atoms with E-state index in [2.05, 4.69) is 27.5 Å². The summed E-state index contributed by atoms with van der Waals surface area (Å²) in [6.07, 6.45) is 4.42. The number of aromatic nitrogens is 2. The van der Waals surface area contributed by atoms with Gasteiger partial charge in [-0.25, -0.2) is 9.78 Å². The molecule has 6 heteroatoms. The lowest BCUT2D eigenvalue weighted by Gasteiger charge is -2.13. The lowest BCUT2D eigenvalue weighted by molar-refractivity contribution is 0.251. The number of anilines is 2. The van der Waals surface area contributed by atoms with Gasteiger partial charge in [0.15, 0.2) is 0 Å². The van der Waals surface area contributed by atoms with Crippen LogP contribution in [-0.4, -0.2) is 30.1 Å². The molecule has 0 atom stereocenters. The zero-order chi connectivity index (χ0) is 15.9. The van der Waals surface area contributed by atoms with E-state index >= 15 is 0 Å². The normalized spacial score (nSPS) is 10.1. The minimum atomic E-state index is -0.297. The molecule has 0 aromatic carbocycles. The highest BCUT2D eigenvalue weighted by molar-refractivity contribution is 5.88. The Kier molecular flexibility index (Phi) is 5.30. The van der Waals surface area contributed by atoms with Crippen LogP contribution in [0.15, 0.2) is 36.7 Å². The molecule has 0 aliphatic carbocycles. The van der Waals surface area contributed by atoms with E-state index in [-0.39, 0.29) is 6.03 Å². The van der Waals surface area contributed by atoms with Gasteiger partial charge in [-0.2, -0.15) is 0 Å². The summed E-state index contributed by atoms with van der Waals surface area (Å²) in [6.45, 7) is 2.42. The number of carbonyl (C=O) groups excluding carboxylic acids is 1. The molecule has 0 aliphatic rings. The fourth-order valence-electron chi connectivity index (χ4n) is 1.88. The summed E-state index contributed by atoms with van der Waals surface area (Å²) in [5, 5.41) is 5.47. The molecule has 0 saturated carbocycles. The topological polar surface area (TPSA) is 70.2 Å². The van der Waals surface area contributed by atoms with Gasteiger partial charge < -0.3 is 10.2 Å². The molecule has 0 spiro atoms. The van der Waals surface area contributed by atoms with Gasteiger partial charge in [0, 0.05) is 32.2 Å². The average molecular weight is 299 g/mol. The minimum absolute atomic E-state index is 0.297. The van der Waals surface area contributed by atoms with Crippen LogP contribution in [0.3, 0.4) is 0 Å². The predicted molar refractivity (Wildman–Crippen MR) is 88.0 cm³/mol. The van der Waals surface area contributed by atoms with Crippen molar-refractivity contribution >= 4 is 17.5 Å². The number of nitrogens with zero attached hydrogens (tertiary/aromatic N) is 3. The van der Waals surface area contributed by atoms with Crippen molar-refractivity contribution in [3.05, 3.63) is 47.9 Å². The van der Waals surface area contributed by atoms with Crippen LogP contribution in [0.25, 0.3) is 0 Å². The molecule has 116 valence electrons. The molecule has 0 fully saturated rings.